The SMILES string of the molecule is CCOc1cc(F)ccc1-c1ccc(CN2CC3(CC(N4CCC(C(=O)O)CC4)=NO3)C2)cc1OCC. The first-order valence-electron chi connectivity index (χ1n) is 13.0. The molecule has 0 aliphatic carbocycles. The number of piperidine rings is 1. The number of oxime groups is 1. The predicted octanol–water partition coefficient (Wildman–Crippen LogP) is 4.37. The third kappa shape index (κ3) is 5.37. The lowest BCUT2D eigenvalue weighted by Gasteiger charge is -2.45. The minimum atomic E-state index is -0.705. The summed E-state index contributed by atoms with van der Waals surface area (Å²) in [6.45, 7) is 8.54. The number of hydrogen-bond donors (Lipinski definition) is 1. The fraction of sp³-hybridized carbons (Fsp3) is 0.500. The highest BCUT2D eigenvalue weighted by Crippen LogP contribution is 2.40. The summed E-state index contributed by atoms with van der Waals surface area (Å²) in [5, 5.41) is 13.6. The van der Waals surface area contributed by atoms with Gasteiger partial charge in [0.1, 0.15) is 23.2 Å². The van der Waals surface area contributed by atoms with E-state index in [1.807, 2.05) is 26.0 Å². The lowest BCUT2D eigenvalue weighted by Crippen LogP contribution is -2.61. The number of halogens is 1. The van der Waals surface area contributed by atoms with Crippen molar-refractivity contribution < 1.29 is 28.6 Å². The molecular weight excluding hydrogens is 477 g/mol. The van der Waals surface area contributed by atoms with E-state index in [1.165, 1.54) is 12.1 Å². The van der Waals surface area contributed by atoms with Crippen LogP contribution in [0.5, 0.6) is 11.5 Å². The monoisotopic (exact) mass is 511 g/mol. The minimum Gasteiger partial charge on any atom is -0.493 e. The maximum absolute atomic E-state index is 13.8. The smallest absolute Gasteiger partial charge is 0.306 e. The largest absolute Gasteiger partial charge is 0.493 e. The molecule has 1 spiro atoms. The Balaban J connectivity index is 1.21. The van der Waals surface area contributed by atoms with Crippen molar-refractivity contribution >= 4 is 11.8 Å². The number of carboxylic acid groups (broad SMARTS) is 1. The van der Waals surface area contributed by atoms with E-state index in [9.17, 15) is 14.3 Å². The summed E-state index contributed by atoms with van der Waals surface area (Å²) in [5.41, 5.74) is 2.51. The fourth-order valence-corrected chi connectivity index (χ4v) is 5.52. The van der Waals surface area contributed by atoms with Crippen molar-refractivity contribution in [2.45, 2.75) is 45.3 Å². The average molecular weight is 512 g/mol. The summed E-state index contributed by atoms with van der Waals surface area (Å²) >= 11 is 0. The van der Waals surface area contributed by atoms with Crippen molar-refractivity contribution in [1.82, 2.24) is 9.80 Å². The maximum atomic E-state index is 13.8. The van der Waals surface area contributed by atoms with E-state index in [0.717, 1.165) is 54.3 Å². The molecule has 2 fully saturated rings. The number of likely N-dealkylation sites (tertiary alicyclic amines) is 2. The fourth-order valence-electron chi connectivity index (χ4n) is 5.52. The molecule has 0 bridgehead atoms. The Morgan fingerprint density at radius 3 is 2.38 bits per heavy atom. The number of rotatable bonds is 8. The lowest BCUT2D eigenvalue weighted by atomic mass is 9.88. The summed E-state index contributed by atoms with van der Waals surface area (Å²) in [6.07, 6.45) is 2.06. The molecule has 37 heavy (non-hydrogen) atoms. The molecule has 9 heteroatoms. The van der Waals surface area contributed by atoms with Gasteiger partial charge in [-0.2, -0.15) is 0 Å². The van der Waals surface area contributed by atoms with Crippen molar-refractivity contribution in [3.63, 3.8) is 0 Å². The van der Waals surface area contributed by atoms with E-state index >= 15 is 0 Å². The number of carboxylic acids is 1. The molecule has 8 nitrogen and oxygen atoms in total. The van der Waals surface area contributed by atoms with Gasteiger partial charge in [-0.1, -0.05) is 17.3 Å². The van der Waals surface area contributed by atoms with Gasteiger partial charge < -0.3 is 24.3 Å². The molecule has 3 heterocycles. The molecule has 3 aliphatic heterocycles. The number of amidine groups is 1. The quantitative estimate of drug-likeness (QED) is 0.563. The van der Waals surface area contributed by atoms with Crippen molar-refractivity contribution in [1.29, 1.82) is 0 Å². The highest BCUT2D eigenvalue weighted by atomic mass is 19.1. The summed E-state index contributed by atoms with van der Waals surface area (Å²) in [7, 11) is 0. The molecule has 2 aromatic carbocycles. The second-order valence-electron chi connectivity index (χ2n) is 10.0. The average Bonchev–Trinajstić information content (AvgIpc) is 3.31. The van der Waals surface area contributed by atoms with E-state index < -0.39 is 5.97 Å². The van der Waals surface area contributed by atoms with Gasteiger partial charge in [-0.05, 0) is 50.5 Å². The van der Waals surface area contributed by atoms with Gasteiger partial charge in [-0.25, -0.2) is 4.39 Å². The Morgan fingerprint density at radius 1 is 1.08 bits per heavy atom. The molecule has 0 saturated carbocycles. The van der Waals surface area contributed by atoms with Gasteiger partial charge in [0, 0.05) is 49.9 Å². The lowest BCUT2D eigenvalue weighted by molar-refractivity contribution is -0.143. The summed E-state index contributed by atoms with van der Waals surface area (Å²) in [4.78, 5) is 21.6. The van der Waals surface area contributed by atoms with Crippen LogP contribution in [0.15, 0.2) is 41.6 Å². The van der Waals surface area contributed by atoms with Crippen molar-refractivity contribution in [2.75, 3.05) is 39.4 Å². The van der Waals surface area contributed by atoms with Crippen LogP contribution in [0.2, 0.25) is 0 Å². The molecule has 3 aliphatic rings. The molecule has 2 aromatic rings. The second-order valence-corrected chi connectivity index (χ2v) is 10.0. The van der Waals surface area contributed by atoms with Crippen LogP contribution >= 0.6 is 0 Å². The van der Waals surface area contributed by atoms with Crippen molar-refractivity contribution in [3.8, 4) is 22.6 Å². The van der Waals surface area contributed by atoms with Crippen LogP contribution in [0.3, 0.4) is 0 Å². The zero-order valence-corrected chi connectivity index (χ0v) is 21.4. The molecule has 1 N–H and O–H groups in total. The van der Waals surface area contributed by atoms with Crippen molar-refractivity contribution in [2.24, 2.45) is 11.1 Å². The second kappa shape index (κ2) is 10.6. The molecule has 0 amide bonds. The van der Waals surface area contributed by atoms with Gasteiger partial charge in [0.2, 0.25) is 0 Å². The van der Waals surface area contributed by atoms with Gasteiger partial charge in [0.25, 0.3) is 0 Å². The zero-order chi connectivity index (χ0) is 26.0. The Morgan fingerprint density at radius 2 is 1.73 bits per heavy atom. The molecule has 0 atom stereocenters. The van der Waals surface area contributed by atoms with E-state index in [1.54, 1.807) is 6.07 Å². The van der Waals surface area contributed by atoms with Crippen LogP contribution in [0, 0.1) is 11.7 Å². The van der Waals surface area contributed by atoms with Gasteiger partial charge >= 0.3 is 5.97 Å². The number of hydrogen-bond acceptors (Lipinski definition) is 7. The van der Waals surface area contributed by atoms with Crippen LogP contribution in [0.25, 0.3) is 11.1 Å². The van der Waals surface area contributed by atoms with E-state index in [2.05, 4.69) is 21.0 Å². The summed E-state index contributed by atoms with van der Waals surface area (Å²) in [5.74, 6) is 0.894. The standard InChI is InChI=1S/C28H34FN3O5/c1-3-35-24-13-19(5-7-22(24)23-8-6-21(29)14-25(23)36-4-2)16-31-17-28(18-31)15-26(30-37-28)32-11-9-20(10-12-32)27(33)34/h5-8,13-14,20H,3-4,9-12,15-18H2,1-2H3,(H,33,34). The third-order valence-electron chi connectivity index (χ3n) is 7.34. The summed E-state index contributed by atoms with van der Waals surface area (Å²) < 4.78 is 25.5. The van der Waals surface area contributed by atoms with Crippen molar-refractivity contribution in [3.05, 3.63) is 47.8 Å². The van der Waals surface area contributed by atoms with Crippen LogP contribution in [-0.2, 0) is 16.2 Å². The van der Waals surface area contributed by atoms with E-state index in [4.69, 9.17) is 14.3 Å². The topological polar surface area (TPSA) is 83.8 Å². The Bertz CT molecular complexity index is 1170. The number of ether oxygens (including phenoxy) is 2. The van der Waals surface area contributed by atoms with E-state index in [0.29, 0.717) is 44.9 Å². The molecular formula is C28H34FN3O5. The molecule has 0 radical (unpaired) electrons. The molecule has 0 unspecified atom stereocenters. The Kier molecular flexibility index (Phi) is 7.24. The van der Waals surface area contributed by atoms with Crippen LogP contribution in [0.4, 0.5) is 4.39 Å². The first kappa shape index (κ1) is 25.3. The molecule has 0 aromatic heterocycles. The number of benzene rings is 2. The molecule has 5 rings (SSSR count). The molecule has 198 valence electrons. The molecule has 2 saturated heterocycles. The first-order chi connectivity index (χ1) is 17.9. The Labute approximate surface area is 216 Å². The normalized spacial score (nSPS) is 19.3. The van der Waals surface area contributed by atoms with Crippen LogP contribution in [-0.4, -0.2) is 71.7 Å². The predicted molar refractivity (Wildman–Crippen MR) is 137 cm³/mol. The van der Waals surface area contributed by atoms with Crippen LogP contribution < -0.4 is 9.47 Å². The Hall–Kier alpha value is -3.33. The minimum absolute atomic E-state index is 0.255. The van der Waals surface area contributed by atoms with Gasteiger partial charge in [-0.15, -0.1) is 0 Å². The maximum Gasteiger partial charge on any atom is 0.306 e. The van der Waals surface area contributed by atoms with E-state index in [-0.39, 0.29) is 17.3 Å². The number of carbonyl (C=O) groups is 1. The number of aliphatic carboxylic acids is 1. The van der Waals surface area contributed by atoms with Crippen LogP contribution in [0.1, 0.15) is 38.7 Å². The highest BCUT2D eigenvalue weighted by Gasteiger charge is 2.50. The number of nitrogens with zero attached hydrogens (tertiary/aromatic N) is 3. The summed E-state index contributed by atoms with van der Waals surface area (Å²) in [6, 6.07) is 10.7. The zero-order valence-electron chi connectivity index (χ0n) is 21.4. The third-order valence-corrected chi connectivity index (χ3v) is 7.34. The van der Waals surface area contributed by atoms with Gasteiger partial charge in [0.15, 0.2) is 5.60 Å². The van der Waals surface area contributed by atoms with Gasteiger partial charge in [0.05, 0.1) is 25.6 Å². The first-order valence-corrected chi connectivity index (χ1v) is 13.0. The highest BCUT2D eigenvalue weighted by molar-refractivity contribution is 5.84. The van der Waals surface area contributed by atoms with Gasteiger partial charge in [-0.3, -0.25) is 9.69 Å².